The second-order valence-electron chi connectivity index (χ2n) is 9.30. The van der Waals surface area contributed by atoms with Crippen LogP contribution in [0.1, 0.15) is 49.2 Å². The van der Waals surface area contributed by atoms with Gasteiger partial charge in [-0.3, -0.25) is 19.5 Å². The van der Waals surface area contributed by atoms with E-state index in [0.717, 1.165) is 17.2 Å². The van der Waals surface area contributed by atoms with Crippen LogP contribution < -0.4 is 4.90 Å². The van der Waals surface area contributed by atoms with Crippen molar-refractivity contribution in [1.29, 1.82) is 0 Å². The number of aryl methyl sites for hydroxylation is 1. The summed E-state index contributed by atoms with van der Waals surface area (Å²) in [7, 11) is 0. The minimum absolute atomic E-state index is 0.0849. The number of pyridine rings is 1. The lowest BCUT2D eigenvalue weighted by Crippen LogP contribution is -2.29. The summed E-state index contributed by atoms with van der Waals surface area (Å²) in [5, 5.41) is 11.3. The fourth-order valence-corrected chi connectivity index (χ4v) is 4.21. The van der Waals surface area contributed by atoms with Gasteiger partial charge in [0.2, 0.25) is 0 Å². The second-order valence-corrected chi connectivity index (χ2v) is 9.71. The Balaban J connectivity index is 1.98. The molecule has 0 radical (unpaired) electrons. The van der Waals surface area contributed by atoms with E-state index in [1.165, 1.54) is 17.0 Å². The van der Waals surface area contributed by atoms with Crippen LogP contribution in [0, 0.1) is 12.7 Å². The maximum absolute atomic E-state index is 13.8. The number of aromatic nitrogens is 1. The monoisotopic (exact) mass is 478 g/mol. The average Bonchev–Trinajstić information content (AvgIpc) is 3.06. The third kappa shape index (κ3) is 4.10. The smallest absolute Gasteiger partial charge is 0.300 e. The van der Waals surface area contributed by atoms with Crippen molar-refractivity contribution in [2.45, 2.75) is 39.2 Å². The number of aliphatic hydroxyl groups excluding tert-OH is 1. The van der Waals surface area contributed by atoms with Gasteiger partial charge in [0, 0.05) is 17.4 Å². The Kier molecular flexibility index (Phi) is 6.04. The quantitative estimate of drug-likeness (QED) is 0.280. The van der Waals surface area contributed by atoms with Crippen LogP contribution >= 0.6 is 11.6 Å². The highest BCUT2D eigenvalue weighted by atomic mass is 35.5. The van der Waals surface area contributed by atoms with Crippen LogP contribution in [-0.2, 0) is 15.0 Å². The zero-order valence-electron chi connectivity index (χ0n) is 19.3. The Bertz CT molecular complexity index is 1330. The molecule has 174 valence electrons. The number of Topliss-reactive ketones (excluding diaryl/α,β-unsaturated/α-hetero) is 1. The number of rotatable bonds is 3. The van der Waals surface area contributed by atoms with Crippen LogP contribution in [0.25, 0.3) is 5.76 Å². The van der Waals surface area contributed by atoms with E-state index in [9.17, 15) is 19.1 Å². The molecule has 1 amide bonds. The lowest BCUT2D eigenvalue weighted by atomic mass is 9.84. The zero-order chi connectivity index (χ0) is 24.8. The molecule has 0 saturated carbocycles. The van der Waals surface area contributed by atoms with E-state index in [0.29, 0.717) is 11.3 Å². The largest absolute Gasteiger partial charge is 0.507 e. The number of carbonyl (C=O) groups excluding carboxylic acids is 2. The van der Waals surface area contributed by atoms with Crippen LogP contribution in [0.5, 0.6) is 0 Å². The van der Waals surface area contributed by atoms with Crippen molar-refractivity contribution in [3.8, 4) is 0 Å². The van der Waals surface area contributed by atoms with Gasteiger partial charge < -0.3 is 5.11 Å². The summed E-state index contributed by atoms with van der Waals surface area (Å²) in [5.74, 6) is -2.64. The van der Waals surface area contributed by atoms with Gasteiger partial charge in [-0.2, -0.15) is 0 Å². The molecular formula is C27H24ClFN2O3. The first-order valence-corrected chi connectivity index (χ1v) is 11.2. The number of halogens is 2. The SMILES string of the molecule is Cc1ccc(C(C)(C)C)cc1/C(O)=C1\C(=O)C(=O)N(c2ccc(F)c(Cl)c2)C1c1ccccn1. The van der Waals surface area contributed by atoms with E-state index in [1.807, 2.05) is 45.9 Å². The van der Waals surface area contributed by atoms with Gasteiger partial charge in [-0.1, -0.05) is 50.6 Å². The normalized spacial score (nSPS) is 17.9. The van der Waals surface area contributed by atoms with Gasteiger partial charge in [-0.05, 0) is 59.9 Å². The van der Waals surface area contributed by atoms with Gasteiger partial charge >= 0.3 is 0 Å². The predicted octanol–water partition coefficient (Wildman–Crippen LogP) is 6.11. The molecule has 5 nitrogen and oxygen atoms in total. The Morgan fingerprint density at radius 1 is 1.09 bits per heavy atom. The van der Waals surface area contributed by atoms with Crippen LogP contribution in [0.3, 0.4) is 0 Å². The van der Waals surface area contributed by atoms with Crippen molar-refractivity contribution in [3.05, 3.63) is 99.6 Å². The summed E-state index contributed by atoms with van der Waals surface area (Å²) in [4.78, 5) is 32.0. The number of hydrogen-bond acceptors (Lipinski definition) is 4. The third-order valence-electron chi connectivity index (χ3n) is 5.95. The van der Waals surface area contributed by atoms with Gasteiger partial charge in [0.15, 0.2) is 0 Å². The maximum atomic E-state index is 13.8. The van der Waals surface area contributed by atoms with Gasteiger partial charge in [0.25, 0.3) is 11.7 Å². The highest BCUT2D eigenvalue weighted by molar-refractivity contribution is 6.51. The van der Waals surface area contributed by atoms with Crippen LogP contribution in [-0.4, -0.2) is 21.8 Å². The molecule has 1 N–H and O–H groups in total. The summed E-state index contributed by atoms with van der Waals surface area (Å²) < 4.78 is 13.8. The highest BCUT2D eigenvalue weighted by Crippen LogP contribution is 2.43. The molecule has 0 spiro atoms. The minimum Gasteiger partial charge on any atom is -0.507 e. The number of aliphatic hydroxyl groups is 1. The van der Waals surface area contributed by atoms with Crippen LogP contribution in [0.2, 0.25) is 5.02 Å². The Labute approximate surface area is 202 Å². The fourth-order valence-electron chi connectivity index (χ4n) is 4.04. The number of ketones is 1. The van der Waals surface area contributed by atoms with Gasteiger partial charge in [-0.15, -0.1) is 0 Å². The molecule has 4 rings (SSSR count). The molecule has 1 aliphatic heterocycles. The number of anilines is 1. The van der Waals surface area contributed by atoms with Crippen molar-refractivity contribution in [1.82, 2.24) is 4.98 Å². The summed E-state index contributed by atoms with van der Waals surface area (Å²) in [6.45, 7) is 7.97. The molecule has 34 heavy (non-hydrogen) atoms. The molecule has 3 aromatic rings. The van der Waals surface area contributed by atoms with E-state index in [2.05, 4.69) is 4.98 Å². The molecule has 1 atom stereocenters. The molecule has 1 aliphatic rings. The molecular weight excluding hydrogens is 455 g/mol. The van der Waals surface area contributed by atoms with Crippen LogP contribution in [0.4, 0.5) is 10.1 Å². The Morgan fingerprint density at radius 3 is 2.44 bits per heavy atom. The van der Waals surface area contributed by atoms with E-state index in [1.54, 1.807) is 24.4 Å². The number of nitrogens with zero attached hydrogens (tertiary/aromatic N) is 2. The van der Waals surface area contributed by atoms with E-state index in [4.69, 9.17) is 11.6 Å². The average molecular weight is 479 g/mol. The number of amides is 1. The topological polar surface area (TPSA) is 70.5 Å². The first-order valence-electron chi connectivity index (χ1n) is 10.8. The summed E-state index contributed by atoms with van der Waals surface area (Å²) in [6.07, 6.45) is 1.54. The predicted molar refractivity (Wildman–Crippen MR) is 130 cm³/mol. The Hall–Kier alpha value is -3.51. The van der Waals surface area contributed by atoms with E-state index < -0.39 is 23.5 Å². The lowest BCUT2D eigenvalue weighted by Gasteiger charge is -2.25. The fraction of sp³-hybridized carbons (Fsp3) is 0.222. The molecule has 1 unspecified atom stereocenters. The van der Waals surface area contributed by atoms with E-state index in [-0.39, 0.29) is 27.5 Å². The molecule has 7 heteroatoms. The number of hydrogen-bond donors (Lipinski definition) is 1. The van der Waals surface area contributed by atoms with Crippen molar-refractivity contribution in [2.24, 2.45) is 0 Å². The van der Waals surface area contributed by atoms with E-state index >= 15 is 0 Å². The number of carbonyl (C=O) groups is 2. The van der Waals surface area contributed by atoms with Gasteiger partial charge in [-0.25, -0.2) is 4.39 Å². The van der Waals surface area contributed by atoms with Gasteiger partial charge in [0.1, 0.15) is 17.6 Å². The minimum atomic E-state index is -1.01. The third-order valence-corrected chi connectivity index (χ3v) is 6.24. The first-order chi connectivity index (χ1) is 16.0. The molecule has 0 aliphatic carbocycles. The van der Waals surface area contributed by atoms with Crippen molar-refractivity contribution < 1.29 is 19.1 Å². The maximum Gasteiger partial charge on any atom is 0.300 e. The molecule has 0 bridgehead atoms. The van der Waals surface area contributed by atoms with Gasteiger partial charge in [0.05, 0.1) is 16.3 Å². The summed E-state index contributed by atoms with van der Waals surface area (Å²) >= 11 is 5.97. The molecule has 1 fully saturated rings. The molecule has 2 aromatic carbocycles. The molecule has 1 aromatic heterocycles. The highest BCUT2D eigenvalue weighted by Gasteiger charge is 2.47. The Morgan fingerprint density at radius 2 is 1.82 bits per heavy atom. The summed E-state index contributed by atoms with van der Waals surface area (Å²) in [6, 6.07) is 13.6. The molecule has 1 saturated heterocycles. The first kappa shape index (κ1) is 23.6. The molecule has 2 heterocycles. The zero-order valence-corrected chi connectivity index (χ0v) is 20.0. The van der Waals surface area contributed by atoms with Crippen molar-refractivity contribution in [2.75, 3.05) is 4.90 Å². The second kappa shape index (κ2) is 8.69. The standard InChI is InChI=1S/C27H24ClFN2O3/c1-15-8-9-16(27(2,3)4)13-18(15)24(32)22-23(21-7-5-6-12-30-21)31(26(34)25(22)33)17-10-11-20(29)19(28)14-17/h5-14,23,32H,1-4H3/b24-22+. The van der Waals surface area contributed by atoms with Crippen molar-refractivity contribution in [3.63, 3.8) is 0 Å². The summed E-state index contributed by atoms with van der Waals surface area (Å²) in [5.41, 5.74) is 2.51. The van der Waals surface area contributed by atoms with Crippen LogP contribution in [0.15, 0.2) is 66.4 Å². The van der Waals surface area contributed by atoms with Crippen molar-refractivity contribution >= 4 is 34.7 Å². The lowest BCUT2D eigenvalue weighted by molar-refractivity contribution is -0.132. The number of benzene rings is 2.